The third kappa shape index (κ3) is 2.23. The molecule has 0 amide bonds. The number of aliphatic hydroxyl groups excluding tert-OH is 1. The molecular weight excluding hydrogens is 184 g/mol. The molecule has 0 unspecified atom stereocenters. The van der Waals surface area contributed by atoms with Crippen molar-refractivity contribution in [3.05, 3.63) is 33.8 Å². The van der Waals surface area contributed by atoms with E-state index in [9.17, 15) is 0 Å². The van der Waals surface area contributed by atoms with Crippen LogP contribution in [0.25, 0.3) is 0 Å². The normalized spacial score (nSPS) is 10.9. The van der Waals surface area contributed by atoms with Gasteiger partial charge in [-0.25, -0.2) is 0 Å². The molecule has 1 rings (SSSR count). The second-order valence-electron chi connectivity index (χ2n) is 3.64. The first-order valence-corrected chi connectivity index (χ1v) is 4.83. The zero-order valence-electron chi connectivity index (χ0n) is 8.26. The number of rotatable bonds is 2. The summed E-state index contributed by atoms with van der Waals surface area (Å²) in [5, 5.41) is 9.78. The Morgan fingerprint density at radius 1 is 1.38 bits per heavy atom. The minimum absolute atomic E-state index is 0.0141. The summed E-state index contributed by atoms with van der Waals surface area (Å²) in [6.45, 7) is 6.23. The van der Waals surface area contributed by atoms with Crippen LogP contribution < -0.4 is 0 Å². The quantitative estimate of drug-likeness (QED) is 0.774. The van der Waals surface area contributed by atoms with Gasteiger partial charge < -0.3 is 5.11 Å². The minimum Gasteiger partial charge on any atom is -0.392 e. The Balaban J connectivity index is 3.27. The Labute approximate surface area is 84.4 Å². The lowest BCUT2D eigenvalue weighted by Gasteiger charge is -2.12. The monoisotopic (exact) mass is 198 g/mol. The third-order valence-electron chi connectivity index (χ3n) is 2.11. The molecule has 0 spiro atoms. The van der Waals surface area contributed by atoms with Crippen LogP contribution in [0.5, 0.6) is 0 Å². The van der Waals surface area contributed by atoms with Crippen LogP contribution in [0.2, 0.25) is 5.02 Å². The number of aliphatic hydroxyl groups is 1. The van der Waals surface area contributed by atoms with Gasteiger partial charge in [-0.05, 0) is 24.0 Å². The van der Waals surface area contributed by atoms with Gasteiger partial charge in [0.25, 0.3) is 0 Å². The first-order valence-electron chi connectivity index (χ1n) is 4.46. The van der Waals surface area contributed by atoms with Crippen molar-refractivity contribution in [1.29, 1.82) is 0 Å². The molecule has 0 aliphatic heterocycles. The maximum atomic E-state index is 9.06. The Kier molecular flexibility index (Phi) is 3.34. The van der Waals surface area contributed by atoms with Crippen LogP contribution >= 0.6 is 11.6 Å². The fraction of sp³-hybridized carbons (Fsp3) is 0.455. The molecule has 72 valence electrons. The van der Waals surface area contributed by atoms with Crippen LogP contribution in [0.3, 0.4) is 0 Å². The average molecular weight is 199 g/mol. The smallest absolute Gasteiger partial charge is 0.0696 e. The molecule has 0 aliphatic rings. The van der Waals surface area contributed by atoms with Crippen molar-refractivity contribution in [3.63, 3.8) is 0 Å². The van der Waals surface area contributed by atoms with Gasteiger partial charge in [0.1, 0.15) is 0 Å². The molecule has 2 heteroatoms. The van der Waals surface area contributed by atoms with E-state index in [1.54, 1.807) is 0 Å². The first kappa shape index (κ1) is 10.6. The van der Waals surface area contributed by atoms with Gasteiger partial charge in [0.05, 0.1) is 6.61 Å². The highest BCUT2D eigenvalue weighted by atomic mass is 35.5. The van der Waals surface area contributed by atoms with Crippen LogP contribution in [0, 0.1) is 6.92 Å². The highest BCUT2D eigenvalue weighted by molar-refractivity contribution is 6.32. The highest BCUT2D eigenvalue weighted by Crippen LogP contribution is 2.28. The molecule has 0 atom stereocenters. The van der Waals surface area contributed by atoms with Gasteiger partial charge >= 0.3 is 0 Å². The fourth-order valence-electron chi connectivity index (χ4n) is 1.41. The summed E-state index contributed by atoms with van der Waals surface area (Å²) in [6.07, 6.45) is 0. The van der Waals surface area contributed by atoms with E-state index < -0.39 is 0 Å². The summed E-state index contributed by atoms with van der Waals surface area (Å²) in [4.78, 5) is 0. The summed E-state index contributed by atoms with van der Waals surface area (Å²) >= 11 is 6.12. The molecule has 1 N–H and O–H groups in total. The number of hydrogen-bond acceptors (Lipinski definition) is 1. The van der Waals surface area contributed by atoms with Gasteiger partial charge in [0.15, 0.2) is 0 Å². The van der Waals surface area contributed by atoms with Crippen LogP contribution in [0.4, 0.5) is 0 Å². The topological polar surface area (TPSA) is 20.2 Å². The minimum atomic E-state index is 0.0141. The lowest BCUT2D eigenvalue weighted by Crippen LogP contribution is -1.95. The number of hydrogen-bond donors (Lipinski definition) is 1. The van der Waals surface area contributed by atoms with Crippen molar-refractivity contribution in [3.8, 4) is 0 Å². The molecule has 1 nitrogen and oxygen atoms in total. The SMILES string of the molecule is Cc1cc(CO)c(Cl)c(C(C)C)c1. The molecule has 0 saturated heterocycles. The second-order valence-corrected chi connectivity index (χ2v) is 4.02. The molecule has 1 aromatic rings. The van der Waals surface area contributed by atoms with Crippen molar-refractivity contribution in [2.75, 3.05) is 0 Å². The van der Waals surface area contributed by atoms with E-state index in [-0.39, 0.29) is 6.61 Å². The number of benzene rings is 1. The molecule has 13 heavy (non-hydrogen) atoms. The Hall–Kier alpha value is -0.530. The van der Waals surface area contributed by atoms with E-state index in [1.807, 2.05) is 13.0 Å². The molecule has 0 fully saturated rings. The predicted molar refractivity (Wildman–Crippen MR) is 56.2 cm³/mol. The van der Waals surface area contributed by atoms with Gasteiger partial charge in [-0.3, -0.25) is 0 Å². The summed E-state index contributed by atoms with van der Waals surface area (Å²) in [7, 11) is 0. The largest absolute Gasteiger partial charge is 0.392 e. The zero-order chi connectivity index (χ0) is 10.0. The molecular formula is C11H15ClO. The Bertz CT molecular complexity index is 305. The molecule has 1 aromatic carbocycles. The number of aryl methyl sites for hydroxylation is 1. The van der Waals surface area contributed by atoms with Crippen LogP contribution in [0.15, 0.2) is 12.1 Å². The maximum absolute atomic E-state index is 9.06. The summed E-state index contributed by atoms with van der Waals surface area (Å²) in [5.41, 5.74) is 3.09. The van der Waals surface area contributed by atoms with Gasteiger partial charge in [-0.1, -0.05) is 43.1 Å². The average Bonchev–Trinajstić information content (AvgIpc) is 2.08. The first-order chi connectivity index (χ1) is 6.06. The molecule has 0 saturated carbocycles. The molecule has 0 bridgehead atoms. The number of halogens is 1. The summed E-state index contributed by atoms with van der Waals surface area (Å²) in [6, 6.07) is 4.00. The van der Waals surface area contributed by atoms with Crippen LogP contribution in [-0.4, -0.2) is 5.11 Å². The molecule has 0 aromatic heterocycles. The van der Waals surface area contributed by atoms with E-state index in [1.165, 1.54) is 0 Å². The van der Waals surface area contributed by atoms with E-state index >= 15 is 0 Å². The van der Waals surface area contributed by atoms with Crippen molar-refractivity contribution < 1.29 is 5.11 Å². The standard InChI is InChI=1S/C11H15ClO/c1-7(2)10-5-8(3)4-9(6-13)11(10)12/h4-5,7,13H,6H2,1-3H3. The maximum Gasteiger partial charge on any atom is 0.0696 e. The van der Waals surface area contributed by atoms with E-state index in [0.717, 1.165) is 16.7 Å². The fourth-order valence-corrected chi connectivity index (χ4v) is 1.80. The molecule has 0 aliphatic carbocycles. The van der Waals surface area contributed by atoms with Gasteiger partial charge in [0.2, 0.25) is 0 Å². The summed E-state index contributed by atoms with van der Waals surface area (Å²) < 4.78 is 0. The lowest BCUT2D eigenvalue weighted by molar-refractivity contribution is 0.281. The van der Waals surface area contributed by atoms with E-state index in [4.69, 9.17) is 16.7 Å². The highest BCUT2D eigenvalue weighted by Gasteiger charge is 2.09. The second kappa shape index (κ2) is 4.12. The van der Waals surface area contributed by atoms with Crippen molar-refractivity contribution in [1.82, 2.24) is 0 Å². The van der Waals surface area contributed by atoms with E-state index in [0.29, 0.717) is 10.9 Å². The predicted octanol–water partition coefficient (Wildman–Crippen LogP) is 3.26. The van der Waals surface area contributed by atoms with Gasteiger partial charge in [-0.2, -0.15) is 0 Å². The van der Waals surface area contributed by atoms with Crippen molar-refractivity contribution in [2.45, 2.75) is 33.3 Å². The van der Waals surface area contributed by atoms with Crippen LogP contribution in [-0.2, 0) is 6.61 Å². The van der Waals surface area contributed by atoms with Gasteiger partial charge in [-0.15, -0.1) is 0 Å². The van der Waals surface area contributed by atoms with E-state index in [2.05, 4.69) is 19.9 Å². The summed E-state index contributed by atoms with van der Waals surface area (Å²) in [5.74, 6) is 0.401. The molecule has 0 radical (unpaired) electrons. The van der Waals surface area contributed by atoms with Crippen molar-refractivity contribution in [2.24, 2.45) is 0 Å². The van der Waals surface area contributed by atoms with Crippen molar-refractivity contribution >= 4 is 11.6 Å². The lowest BCUT2D eigenvalue weighted by atomic mass is 9.98. The van der Waals surface area contributed by atoms with Gasteiger partial charge in [0, 0.05) is 5.02 Å². The zero-order valence-corrected chi connectivity index (χ0v) is 9.02. The van der Waals surface area contributed by atoms with Crippen LogP contribution in [0.1, 0.15) is 36.5 Å². The molecule has 0 heterocycles. The Morgan fingerprint density at radius 3 is 2.46 bits per heavy atom. The Morgan fingerprint density at radius 2 is 2.00 bits per heavy atom. The third-order valence-corrected chi connectivity index (χ3v) is 2.57.